The molecule has 0 unspecified atom stereocenters. The van der Waals surface area contributed by atoms with Crippen molar-refractivity contribution in [2.45, 2.75) is 33.2 Å². The van der Waals surface area contributed by atoms with Gasteiger partial charge in [0.05, 0.1) is 6.54 Å². The molecule has 0 atom stereocenters. The summed E-state index contributed by atoms with van der Waals surface area (Å²) in [6.07, 6.45) is 2.67. The first-order valence-corrected chi connectivity index (χ1v) is 6.39. The molecule has 17 heavy (non-hydrogen) atoms. The molecule has 0 amide bonds. The zero-order valence-electron chi connectivity index (χ0n) is 10.9. The maximum Gasteiger partial charge on any atom is 0.317 e. The van der Waals surface area contributed by atoms with Crippen LogP contribution < -0.4 is 10.2 Å². The number of hydrogen-bond acceptors (Lipinski definition) is 5. The van der Waals surface area contributed by atoms with E-state index in [1.54, 1.807) is 0 Å². The van der Waals surface area contributed by atoms with Crippen molar-refractivity contribution in [2.24, 2.45) is 11.8 Å². The SMILES string of the molecule is CC(C)CNCc1nnc(N(C)CC2CC2)o1. The molecule has 0 spiro atoms. The van der Waals surface area contributed by atoms with Crippen LogP contribution in [0.15, 0.2) is 4.42 Å². The second-order valence-corrected chi connectivity index (χ2v) is 5.33. The average Bonchev–Trinajstić information content (AvgIpc) is 2.94. The molecule has 5 heteroatoms. The van der Waals surface area contributed by atoms with Crippen molar-refractivity contribution in [1.29, 1.82) is 0 Å². The summed E-state index contributed by atoms with van der Waals surface area (Å²) >= 11 is 0. The quantitative estimate of drug-likeness (QED) is 0.783. The third kappa shape index (κ3) is 4.00. The normalized spacial score (nSPS) is 15.5. The molecule has 5 nitrogen and oxygen atoms in total. The Morgan fingerprint density at radius 3 is 2.82 bits per heavy atom. The van der Waals surface area contributed by atoms with Crippen LogP contribution in [0.2, 0.25) is 0 Å². The summed E-state index contributed by atoms with van der Waals surface area (Å²) < 4.78 is 5.60. The number of nitrogens with one attached hydrogen (secondary N) is 1. The molecule has 1 fully saturated rings. The monoisotopic (exact) mass is 238 g/mol. The number of anilines is 1. The van der Waals surface area contributed by atoms with Crippen LogP contribution in [0.5, 0.6) is 0 Å². The Morgan fingerprint density at radius 2 is 2.18 bits per heavy atom. The van der Waals surface area contributed by atoms with E-state index in [1.165, 1.54) is 12.8 Å². The van der Waals surface area contributed by atoms with Crippen LogP contribution in [0.4, 0.5) is 6.01 Å². The van der Waals surface area contributed by atoms with Gasteiger partial charge in [0.2, 0.25) is 5.89 Å². The predicted octanol–water partition coefficient (Wildman–Crippen LogP) is 1.66. The van der Waals surface area contributed by atoms with E-state index in [1.807, 2.05) is 7.05 Å². The van der Waals surface area contributed by atoms with Gasteiger partial charge in [-0.2, -0.15) is 0 Å². The van der Waals surface area contributed by atoms with E-state index < -0.39 is 0 Å². The van der Waals surface area contributed by atoms with E-state index in [4.69, 9.17) is 4.42 Å². The fourth-order valence-corrected chi connectivity index (χ4v) is 1.70. The molecule has 1 aromatic heterocycles. The Kier molecular flexibility index (Phi) is 3.99. The first-order chi connectivity index (χ1) is 8.15. The Balaban J connectivity index is 1.77. The number of rotatable bonds is 7. The van der Waals surface area contributed by atoms with Crippen molar-refractivity contribution in [3.05, 3.63) is 5.89 Å². The average molecular weight is 238 g/mol. The second kappa shape index (κ2) is 5.49. The molecule has 1 aliphatic carbocycles. The first-order valence-electron chi connectivity index (χ1n) is 6.39. The van der Waals surface area contributed by atoms with Crippen LogP contribution >= 0.6 is 0 Å². The molecule has 1 aliphatic rings. The predicted molar refractivity (Wildman–Crippen MR) is 66.8 cm³/mol. The highest BCUT2D eigenvalue weighted by Crippen LogP contribution is 2.30. The van der Waals surface area contributed by atoms with E-state index in [0.29, 0.717) is 24.4 Å². The number of aromatic nitrogens is 2. The minimum atomic E-state index is 0.634. The fraction of sp³-hybridized carbons (Fsp3) is 0.833. The third-order valence-electron chi connectivity index (χ3n) is 2.84. The van der Waals surface area contributed by atoms with Crippen LogP contribution in [0.1, 0.15) is 32.6 Å². The summed E-state index contributed by atoms with van der Waals surface area (Å²) in [5, 5.41) is 11.4. The van der Waals surface area contributed by atoms with Crippen LogP contribution in [0, 0.1) is 11.8 Å². The minimum Gasteiger partial charge on any atom is -0.407 e. The maximum atomic E-state index is 5.60. The van der Waals surface area contributed by atoms with E-state index >= 15 is 0 Å². The molecule has 0 radical (unpaired) electrons. The standard InChI is InChI=1S/C12H22N4O/c1-9(2)6-13-7-11-14-15-12(17-11)16(3)8-10-4-5-10/h9-10,13H,4-8H2,1-3H3. The highest BCUT2D eigenvalue weighted by atomic mass is 16.4. The maximum absolute atomic E-state index is 5.60. The van der Waals surface area contributed by atoms with Gasteiger partial charge in [-0.25, -0.2) is 0 Å². The Labute approximate surface area is 103 Å². The lowest BCUT2D eigenvalue weighted by Gasteiger charge is -2.12. The Bertz CT molecular complexity index is 346. The van der Waals surface area contributed by atoms with Gasteiger partial charge in [0.1, 0.15) is 0 Å². The van der Waals surface area contributed by atoms with E-state index in [-0.39, 0.29) is 0 Å². The lowest BCUT2D eigenvalue weighted by Crippen LogP contribution is -2.20. The first kappa shape index (κ1) is 12.4. The van der Waals surface area contributed by atoms with Gasteiger partial charge in [0, 0.05) is 13.6 Å². The lowest BCUT2D eigenvalue weighted by molar-refractivity contribution is 0.449. The van der Waals surface area contributed by atoms with Crippen molar-refractivity contribution >= 4 is 6.01 Å². The summed E-state index contributed by atoms with van der Waals surface area (Å²) in [5.74, 6) is 2.13. The van der Waals surface area contributed by atoms with Gasteiger partial charge in [-0.3, -0.25) is 0 Å². The largest absolute Gasteiger partial charge is 0.407 e. The third-order valence-corrected chi connectivity index (χ3v) is 2.84. The molecule has 2 rings (SSSR count). The Morgan fingerprint density at radius 1 is 1.41 bits per heavy atom. The Hall–Kier alpha value is -1.10. The molecule has 0 saturated heterocycles. The van der Waals surface area contributed by atoms with Crippen LogP contribution in [0.25, 0.3) is 0 Å². The van der Waals surface area contributed by atoms with Crippen LogP contribution in [0.3, 0.4) is 0 Å². The molecule has 1 aromatic rings. The van der Waals surface area contributed by atoms with Gasteiger partial charge in [0.15, 0.2) is 0 Å². The zero-order valence-corrected chi connectivity index (χ0v) is 10.9. The summed E-state index contributed by atoms with van der Waals surface area (Å²) in [6, 6.07) is 0.637. The van der Waals surface area contributed by atoms with Gasteiger partial charge in [0.25, 0.3) is 0 Å². The van der Waals surface area contributed by atoms with Crippen molar-refractivity contribution in [3.63, 3.8) is 0 Å². The zero-order chi connectivity index (χ0) is 12.3. The lowest BCUT2D eigenvalue weighted by atomic mass is 10.2. The molecule has 96 valence electrons. The number of nitrogens with zero attached hydrogens (tertiary/aromatic N) is 3. The van der Waals surface area contributed by atoms with Gasteiger partial charge in [-0.05, 0) is 31.2 Å². The molecule has 0 bridgehead atoms. The molecule has 1 heterocycles. The van der Waals surface area contributed by atoms with Gasteiger partial charge in [-0.1, -0.05) is 18.9 Å². The van der Waals surface area contributed by atoms with Crippen molar-refractivity contribution < 1.29 is 4.42 Å². The summed E-state index contributed by atoms with van der Waals surface area (Å²) in [6.45, 7) is 7.00. The van der Waals surface area contributed by atoms with Gasteiger partial charge >= 0.3 is 6.01 Å². The smallest absolute Gasteiger partial charge is 0.317 e. The molecular weight excluding hydrogens is 216 g/mol. The van der Waals surface area contributed by atoms with Crippen molar-refractivity contribution in [3.8, 4) is 0 Å². The van der Waals surface area contributed by atoms with Crippen LogP contribution in [-0.2, 0) is 6.54 Å². The fourth-order valence-electron chi connectivity index (χ4n) is 1.70. The molecule has 1 saturated carbocycles. The molecule has 1 N–H and O–H groups in total. The van der Waals surface area contributed by atoms with Crippen molar-refractivity contribution in [2.75, 3.05) is 25.0 Å². The van der Waals surface area contributed by atoms with Gasteiger partial charge in [-0.15, -0.1) is 5.10 Å². The highest BCUT2D eigenvalue weighted by molar-refractivity contribution is 5.22. The molecule has 0 aliphatic heterocycles. The topological polar surface area (TPSA) is 54.2 Å². The van der Waals surface area contributed by atoms with Crippen molar-refractivity contribution in [1.82, 2.24) is 15.5 Å². The summed E-state index contributed by atoms with van der Waals surface area (Å²) in [7, 11) is 2.01. The van der Waals surface area contributed by atoms with Crippen LogP contribution in [-0.4, -0.2) is 30.3 Å². The summed E-state index contributed by atoms with van der Waals surface area (Å²) in [5.41, 5.74) is 0. The summed E-state index contributed by atoms with van der Waals surface area (Å²) in [4.78, 5) is 2.05. The van der Waals surface area contributed by atoms with E-state index in [9.17, 15) is 0 Å². The minimum absolute atomic E-state index is 0.634. The molecular formula is C12H22N4O. The molecule has 0 aromatic carbocycles. The second-order valence-electron chi connectivity index (χ2n) is 5.33. The highest BCUT2D eigenvalue weighted by Gasteiger charge is 2.24. The number of hydrogen-bond donors (Lipinski definition) is 1. The van der Waals surface area contributed by atoms with E-state index in [2.05, 4.69) is 34.3 Å². The van der Waals surface area contributed by atoms with Gasteiger partial charge < -0.3 is 14.6 Å². The van der Waals surface area contributed by atoms with E-state index in [0.717, 1.165) is 19.0 Å².